The van der Waals surface area contributed by atoms with Gasteiger partial charge in [-0.05, 0) is 30.3 Å². The molecule has 0 aliphatic carbocycles. The largest absolute Gasteiger partial charge is 0.495 e. The van der Waals surface area contributed by atoms with Crippen LogP contribution in [0.15, 0.2) is 41.3 Å². The predicted molar refractivity (Wildman–Crippen MR) is 85.3 cm³/mol. The third kappa shape index (κ3) is 3.40. The number of hydrogen-bond donors (Lipinski definition) is 2. The minimum Gasteiger partial charge on any atom is -0.495 e. The number of sulfone groups is 1. The van der Waals surface area contributed by atoms with Gasteiger partial charge in [0, 0.05) is 11.3 Å². The van der Waals surface area contributed by atoms with Crippen LogP contribution in [0, 0.1) is 0 Å². The molecule has 0 saturated heterocycles. The second kappa shape index (κ2) is 5.83. The first-order chi connectivity index (χ1) is 9.82. The predicted octanol–water partition coefficient (Wildman–Crippen LogP) is 3.08. The van der Waals surface area contributed by atoms with Crippen LogP contribution in [0.4, 0.5) is 17.1 Å². The lowest BCUT2D eigenvalue weighted by Gasteiger charge is -2.14. The van der Waals surface area contributed by atoms with E-state index in [1.807, 2.05) is 0 Å². The summed E-state index contributed by atoms with van der Waals surface area (Å²) in [6, 6.07) is 9.84. The van der Waals surface area contributed by atoms with E-state index in [-0.39, 0.29) is 10.6 Å². The molecule has 0 spiro atoms. The standard InChI is InChI=1S/C14H15ClN2O3S/c1-20-12-7-6-9(15)8-11(12)17-10-4-3-5-13(14(10)16)21(2,18)19/h3-8,17H,16H2,1-2H3. The first-order valence-electron chi connectivity index (χ1n) is 6.02. The summed E-state index contributed by atoms with van der Waals surface area (Å²) in [5.74, 6) is 0.573. The third-order valence-corrected chi connectivity index (χ3v) is 4.29. The second-order valence-electron chi connectivity index (χ2n) is 4.46. The summed E-state index contributed by atoms with van der Waals surface area (Å²) in [4.78, 5) is 0.0773. The molecule has 7 heteroatoms. The Labute approximate surface area is 128 Å². The van der Waals surface area contributed by atoms with E-state index in [1.165, 1.54) is 13.2 Å². The van der Waals surface area contributed by atoms with Gasteiger partial charge in [0.25, 0.3) is 0 Å². The van der Waals surface area contributed by atoms with E-state index in [1.54, 1.807) is 30.3 Å². The van der Waals surface area contributed by atoms with Crippen molar-refractivity contribution in [2.24, 2.45) is 0 Å². The van der Waals surface area contributed by atoms with Gasteiger partial charge in [-0.25, -0.2) is 8.42 Å². The molecular weight excluding hydrogens is 312 g/mol. The number of nitrogen functional groups attached to an aromatic ring is 1. The fourth-order valence-corrected chi connectivity index (χ4v) is 2.91. The number of para-hydroxylation sites is 1. The third-order valence-electron chi connectivity index (χ3n) is 2.90. The number of benzene rings is 2. The summed E-state index contributed by atoms with van der Waals surface area (Å²) in [6.45, 7) is 0. The van der Waals surface area contributed by atoms with Crippen LogP contribution >= 0.6 is 11.6 Å². The second-order valence-corrected chi connectivity index (χ2v) is 6.88. The number of rotatable bonds is 4. The van der Waals surface area contributed by atoms with Gasteiger partial charge in [0.05, 0.1) is 29.1 Å². The molecule has 0 radical (unpaired) electrons. The molecule has 112 valence electrons. The fraction of sp³-hybridized carbons (Fsp3) is 0.143. The van der Waals surface area contributed by atoms with Gasteiger partial charge < -0.3 is 15.8 Å². The molecule has 0 saturated carbocycles. The Bertz CT molecular complexity index is 776. The van der Waals surface area contributed by atoms with Crippen LogP contribution in [-0.4, -0.2) is 21.8 Å². The molecule has 0 aliphatic rings. The number of anilines is 3. The van der Waals surface area contributed by atoms with Crippen LogP contribution in [0.5, 0.6) is 5.75 Å². The molecule has 0 aromatic heterocycles. The SMILES string of the molecule is COc1ccc(Cl)cc1Nc1cccc(S(C)(=O)=O)c1N. The normalized spacial score (nSPS) is 11.2. The van der Waals surface area contributed by atoms with E-state index >= 15 is 0 Å². The maximum Gasteiger partial charge on any atom is 0.177 e. The Kier molecular flexibility index (Phi) is 4.29. The minimum atomic E-state index is -3.39. The van der Waals surface area contributed by atoms with Gasteiger partial charge in [-0.15, -0.1) is 0 Å². The van der Waals surface area contributed by atoms with Gasteiger partial charge in [0.15, 0.2) is 9.84 Å². The van der Waals surface area contributed by atoms with Gasteiger partial charge in [0.1, 0.15) is 5.75 Å². The summed E-state index contributed by atoms with van der Waals surface area (Å²) in [6.07, 6.45) is 1.11. The maximum absolute atomic E-state index is 11.7. The molecule has 2 aromatic carbocycles. The molecule has 3 N–H and O–H groups in total. The van der Waals surface area contributed by atoms with Crippen LogP contribution in [0.1, 0.15) is 0 Å². The van der Waals surface area contributed by atoms with Crippen molar-refractivity contribution < 1.29 is 13.2 Å². The number of halogens is 1. The summed E-state index contributed by atoms with van der Waals surface area (Å²) in [5.41, 5.74) is 7.16. The van der Waals surface area contributed by atoms with Crippen LogP contribution in [0.3, 0.4) is 0 Å². The summed E-state index contributed by atoms with van der Waals surface area (Å²) in [7, 11) is -1.86. The molecule has 0 heterocycles. The summed E-state index contributed by atoms with van der Waals surface area (Å²) in [5, 5.41) is 3.57. The van der Waals surface area contributed by atoms with Crippen molar-refractivity contribution in [3.8, 4) is 5.75 Å². The number of ether oxygens (including phenoxy) is 1. The monoisotopic (exact) mass is 326 g/mol. The Morgan fingerprint density at radius 1 is 1.19 bits per heavy atom. The van der Waals surface area contributed by atoms with Crippen molar-refractivity contribution in [1.82, 2.24) is 0 Å². The van der Waals surface area contributed by atoms with Gasteiger partial charge in [0.2, 0.25) is 0 Å². The van der Waals surface area contributed by atoms with Gasteiger partial charge in [-0.2, -0.15) is 0 Å². The zero-order chi connectivity index (χ0) is 15.6. The molecule has 0 fully saturated rings. The first kappa shape index (κ1) is 15.5. The molecular formula is C14H15ClN2O3S. The van der Waals surface area contributed by atoms with Crippen molar-refractivity contribution in [1.29, 1.82) is 0 Å². The first-order valence-corrected chi connectivity index (χ1v) is 8.29. The lowest BCUT2D eigenvalue weighted by Crippen LogP contribution is -2.05. The zero-order valence-electron chi connectivity index (χ0n) is 11.6. The van der Waals surface area contributed by atoms with Crippen molar-refractivity contribution >= 4 is 38.5 Å². The van der Waals surface area contributed by atoms with E-state index in [9.17, 15) is 8.42 Å². The molecule has 0 amide bonds. The van der Waals surface area contributed by atoms with Crippen molar-refractivity contribution in [2.45, 2.75) is 4.90 Å². The Morgan fingerprint density at radius 2 is 1.90 bits per heavy atom. The van der Waals surface area contributed by atoms with Crippen LogP contribution in [0.25, 0.3) is 0 Å². The Morgan fingerprint density at radius 3 is 2.52 bits per heavy atom. The molecule has 0 unspecified atom stereocenters. The minimum absolute atomic E-state index is 0.0773. The lowest BCUT2D eigenvalue weighted by atomic mass is 10.2. The number of nitrogens with two attached hydrogens (primary N) is 1. The van der Waals surface area contributed by atoms with Gasteiger partial charge >= 0.3 is 0 Å². The molecule has 0 aliphatic heterocycles. The molecule has 2 rings (SSSR count). The number of methoxy groups -OCH3 is 1. The fourth-order valence-electron chi connectivity index (χ4n) is 1.90. The number of nitrogens with one attached hydrogen (secondary N) is 1. The van der Waals surface area contributed by atoms with E-state index < -0.39 is 9.84 Å². The Balaban J connectivity index is 2.48. The average Bonchev–Trinajstić information content (AvgIpc) is 2.40. The molecule has 5 nitrogen and oxygen atoms in total. The van der Waals surface area contributed by atoms with Gasteiger partial charge in [-0.3, -0.25) is 0 Å². The summed E-state index contributed by atoms with van der Waals surface area (Å²) >= 11 is 5.96. The van der Waals surface area contributed by atoms with Crippen LogP contribution < -0.4 is 15.8 Å². The number of hydrogen-bond acceptors (Lipinski definition) is 5. The van der Waals surface area contributed by atoms with Crippen LogP contribution in [-0.2, 0) is 9.84 Å². The highest BCUT2D eigenvalue weighted by atomic mass is 35.5. The molecule has 21 heavy (non-hydrogen) atoms. The van der Waals surface area contributed by atoms with Crippen molar-refractivity contribution in [2.75, 3.05) is 24.4 Å². The topological polar surface area (TPSA) is 81.4 Å². The Hall–Kier alpha value is -1.92. The highest BCUT2D eigenvalue weighted by Crippen LogP contribution is 2.34. The van der Waals surface area contributed by atoms with E-state index in [4.69, 9.17) is 22.1 Å². The van der Waals surface area contributed by atoms with E-state index in [2.05, 4.69) is 5.32 Å². The molecule has 0 atom stereocenters. The van der Waals surface area contributed by atoms with Crippen molar-refractivity contribution in [3.05, 3.63) is 41.4 Å². The van der Waals surface area contributed by atoms with E-state index in [0.717, 1.165) is 6.26 Å². The highest BCUT2D eigenvalue weighted by molar-refractivity contribution is 7.90. The average molecular weight is 327 g/mol. The zero-order valence-corrected chi connectivity index (χ0v) is 13.1. The lowest BCUT2D eigenvalue weighted by molar-refractivity contribution is 0.417. The highest BCUT2D eigenvalue weighted by Gasteiger charge is 2.15. The van der Waals surface area contributed by atoms with E-state index in [0.29, 0.717) is 22.1 Å². The van der Waals surface area contributed by atoms with Crippen LogP contribution in [0.2, 0.25) is 5.02 Å². The quantitative estimate of drug-likeness (QED) is 0.844. The molecule has 0 bridgehead atoms. The maximum atomic E-state index is 11.7. The molecule has 2 aromatic rings. The van der Waals surface area contributed by atoms with Crippen molar-refractivity contribution in [3.63, 3.8) is 0 Å². The van der Waals surface area contributed by atoms with Gasteiger partial charge in [-0.1, -0.05) is 17.7 Å². The smallest absolute Gasteiger partial charge is 0.177 e. The summed E-state index contributed by atoms with van der Waals surface area (Å²) < 4.78 is 28.6.